The molecule has 1 saturated heterocycles. The summed E-state index contributed by atoms with van der Waals surface area (Å²) in [6.45, 7) is 6.77. The number of carbonyl (C=O) groups excluding carboxylic acids is 1. The first-order chi connectivity index (χ1) is 14.4. The van der Waals surface area contributed by atoms with Crippen molar-refractivity contribution >= 4 is 22.1 Å². The highest BCUT2D eigenvalue weighted by Gasteiger charge is 2.30. The summed E-state index contributed by atoms with van der Waals surface area (Å²) in [5.74, 6) is 0.563. The normalized spacial score (nSPS) is 16.7. The van der Waals surface area contributed by atoms with Crippen molar-refractivity contribution in [1.82, 2.24) is 9.37 Å². The van der Waals surface area contributed by atoms with E-state index in [2.05, 4.69) is 11.8 Å². The Hall–Kier alpha value is -1.84. The molecule has 1 fully saturated rings. The van der Waals surface area contributed by atoms with E-state index in [1.807, 2.05) is 31.2 Å². The Bertz CT molecular complexity index is 742. The lowest BCUT2D eigenvalue weighted by Gasteiger charge is -2.27. The number of benzene rings is 1. The zero-order valence-corrected chi connectivity index (χ0v) is 18.9. The number of sulfonamides is 1. The highest BCUT2D eigenvalue weighted by Crippen LogP contribution is 2.22. The molecule has 1 atom stereocenters. The summed E-state index contributed by atoms with van der Waals surface area (Å²) in [4.78, 5) is 13.2. The zero-order chi connectivity index (χ0) is 22.0. The van der Waals surface area contributed by atoms with Crippen LogP contribution in [0.3, 0.4) is 0 Å². The van der Waals surface area contributed by atoms with Crippen LogP contribution in [0.15, 0.2) is 24.3 Å². The lowest BCUT2D eigenvalue weighted by molar-refractivity contribution is -0.158. The number of unbranched alkanes of at least 4 members (excludes halogenated alkanes) is 2. The van der Waals surface area contributed by atoms with Crippen molar-refractivity contribution in [3.63, 3.8) is 0 Å². The van der Waals surface area contributed by atoms with Crippen LogP contribution in [0.2, 0.25) is 0 Å². The molecule has 0 bridgehead atoms. The van der Waals surface area contributed by atoms with Gasteiger partial charge in [0.25, 0.3) is 0 Å². The average Bonchev–Trinajstić information content (AvgIpc) is 3.00. The first kappa shape index (κ1) is 24.4. The molecular formula is C21H35N3O5S. The maximum Gasteiger partial charge on any atom is 0.233 e. The van der Waals surface area contributed by atoms with E-state index in [9.17, 15) is 18.4 Å². The van der Waals surface area contributed by atoms with Crippen molar-refractivity contribution in [1.29, 1.82) is 0 Å². The lowest BCUT2D eigenvalue weighted by Crippen LogP contribution is -2.44. The molecule has 1 aromatic carbocycles. The Kier molecular flexibility index (Phi) is 9.87. The molecule has 9 heteroatoms. The average molecular weight is 442 g/mol. The number of hydrogen-bond acceptors (Lipinski definition) is 6. The number of nitrogens with zero attached hydrogens (tertiary/aromatic N) is 3. The Morgan fingerprint density at radius 2 is 1.87 bits per heavy atom. The van der Waals surface area contributed by atoms with Gasteiger partial charge in [-0.05, 0) is 44.0 Å². The van der Waals surface area contributed by atoms with E-state index < -0.39 is 16.1 Å². The predicted octanol–water partition coefficient (Wildman–Crippen LogP) is 2.72. The number of ether oxygens (including phenoxy) is 1. The second kappa shape index (κ2) is 12.1. The van der Waals surface area contributed by atoms with Gasteiger partial charge in [0.1, 0.15) is 5.75 Å². The van der Waals surface area contributed by atoms with Crippen LogP contribution in [0.5, 0.6) is 5.75 Å². The third-order valence-electron chi connectivity index (χ3n) is 5.39. The van der Waals surface area contributed by atoms with Gasteiger partial charge in [-0.25, -0.2) is 17.8 Å². The molecule has 1 aliphatic heterocycles. The Morgan fingerprint density at radius 3 is 2.50 bits per heavy atom. The Balaban J connectivity index is 2.00. The molecule has 0 spiro atoms. The first-order valence-corrected chi connectivity index (χ1v) is 12.4. The van der Waals surface area contributed by atoms with Crippen LogP contribution in [0.4, 0.5) is 5.69 Å². The van der Waals surface area contributed by atoms with Crippen molar-refractivity contribution in [3.05, 3.63) is 24.3 Å². The van der Waals surface area contributed by atoms with Gasteiger partial charge in [-0.1, -0.05) is 26.2 Å². The highest BCUT2D eigenvalue weighted by molar-refractivity contribution is 7.89. The van der Waals surface area contributed by atoms with E-state index in [4.69, 9.17) is 4.74 Å². The van der Waals surface area contributed by atoms with Crippen LogP contribution in [-0.2, 0) is 14.8 Å². The monoisotopic (exact) mass is 441 g/mol. The number of anilines is 1. The fourth-order valence-corrected chi connectivity index (χ4v) is 5.49. The van der Waals surface area contributed by atoms with Crippen LogP contribution < -0.4 is 9.64 Å². The minimum atomic E-state index is -3.59. The van der Waals surface area contributed by atoms with E-state index >= 15 is 0 Å². The first-order valence-electron chi connectivity index (χ1n) is 10.8. The third kappa shape index (κ3) is 7.14. The molecule has 1 heterocycles. The van der Waals surface area contributed by atoms with Gasteiger partial charge in [0.15, 0.2) is 0 Å². The predicted molar refractivity (Wildman–Crippen MR) is 117 cm³/mol. The molecule has 1 aliphatic rings. The molecule has 170 valence electrons. The summed E-state index contributed by atoms with van der Waals surface area (Å²) in [7, 11) is -3.59. The van der Waals surface area contributed by atoms with E-state index in [0.29, 0.717) is 50.6 Å². The third-order valence-corrected chi connectivity index (χ3v) is 7.35. The van der Waals surface area contributed by atoms with Crippen LogP contribution >= 0.6 is 0 Å². The topological polar surface area (TPSA) is 90.4 Å². The smallest absolute Gasteiger partial charge is 0.233 e. The van der Waals surface area contributed by atoms with E-state index in [0.717, 1.165) is 37.2 Å². The SMILES string of the molecule is CCCCCC(CS(=O)(=O)N1CCCN(c2ccc(OCC)cc2)CC1)N(O)C=O. The number of hydroxylamine groups is 2. The minimum Gasteiger partial charge on any atom is -0.494 e. The fraction of sp³-hybridized carbons (Fsp3) is 0.667. The van der Waals surface area contributed by atoms with Gasteiger partial charge in [0.2, 0.25) is 16.4 Å². The maximum atomic E-state index is 13.0. The minimum absolute atomic E-state index is 0.255. The van der Waals surface area contributed by atoms with E-state index in [1.54, 1.807) is 0 Å². The van der Waals surface area contributed by atoms with Gasteiger partial charge in [-0.2, -0.15) is 0 Å². The van der Waals surface area contributed by atoms with Gasteiger partial charge in [-0.15, -0.1) is 0 Å². The number of carbonyl (C=O) groups is 1. The number of rotatable bonds is 12. The Labute approximate surface area is 180 Å². The molecule has 1 aromatic rings. The molecule has 1 unspecified atom stereocenters. The molecular weight excluding hydrogens is 406 g/mol. The molecule has 8 nitrogen and oxygen atoms in total. The van der Waals surface area contributed by atoms with Crippen LogP contribution in [0.1, 0.15) is 46.0 Å². The second-order valence-corrected chi connectivity index (χ2v) is 9.59. The van der Waals surface area contributed by atoms with Gasteiger partial charge >= 0.3 is 0 Å². The van der Waals surface area contributed by atoms with Gasteiger partial charge < -0.3 is 9.64 Å². The molecule has 0 saturated carbocycles. The van der Waals surface area contributed by atoms with E-state index in [-0.39, 0.29) is 5.75 Å². The van der Waals surface area contributed by atoms with E-state index in [1.165, 1.54) is 4.31 Å². The van der Waals surface area contributed by atoms with Crippen LogP contribution in [0.25, 0.3) is 0 Å². The maximum absolute atomic E-state index is 13.0. The molecule has 1 N–H and O–H groups in total. The summed E-state index contributed by atoms with van der Waals surface area (Å²) < 4.78 is 33.0. The highest BCUT2D eigenvalue weighted by atomic mass is 32.2. The summed E-state index contributed by atoms with van der Waals surface area (Å²) in [6.07, 6.45) is 4.16. The van der Waals surface area contributed by atoms with Crippen molar-refractivity contribution in [3.8, 4) is 5.75 Å². The number of amides is 1. The van der Waals surface area contributed by atoms with Crippen molar-refractivity contribution in [2.75, 3.05) is 43.4 Å². The summed E-state index contributed by atoms with van der Waals surface area (Å²) in [5, 5.41) is 10.4. The molecule has 0 aromatic heterocycles. The van der Waals surface area contributed by atoms with Crippen LogP contribution in [-0.4, -0.2) is 74.0 Å². The molecule has 2 rings (SSSR count). The zero-order valence-electron chi connectivity index (χ0n) is 18.1. The molecule has 0 aliphatic carbocycles. The van der Waals surface area contributed by atoms with Gasteiger partial charge in [0.05, 0.1) is 18.4 Å². The van der Waals surface area contributed by atoms with Crippen molar-refractivity contribution < 1.29 is 23.2 Å². The van der Waals surface area contributed by atoms with Crippen molar-refractivity contribution in [2.24, 2.45) is 0 Å². The standard InChI is InChI=1S/C21H35N3O5S/c1-3-5-6-8-20(24(26)18-25)17-30(27,28)23-14-7-13-22(15-16-23)19-9-11-21(12-10-19)29-4-2/h9-12,18,20,26H,3-8,13-17H2,1-2H3. The lowest BCUT2D eigenvalue weighted by atomic mass is 10.1. The molecule has 30 heavy (non-hydrogen) atoms. The largest absolute Gasteiger partial charge is 0.494 e. The Morgan fingerprint density at radius 1 is 1.13 bits per heavy atom. The summed E-state index contributed by atoms with van der Waals surface area (Å²) >= 11 is 0. The summed E-state index contributed by atoms with van der Waals surface area (Å²) in [6, 6.07) is 7.12. The quantitative estimate of drug-likeness (QED) is 0.232. The fourth-order valence-electron chi connectivity index (χ4n) is 3.71. The summed E-state index contributed by atoms with van der Waals surface area (Å²) in [5.41, 5.74) is 1.04. The molecule has 1 amide bonds. The molecule has 0 radical (unpaired) electrons. The second-order valence-electron chi connectivity index (χ2n) is 7.58. The van der Waals surface area contributed by atoms with Gasteiger partial charge in [-0.3, -0.25) is 10.0 Å². The number of hydrogen-bond donors (Lipinski definition) is 1. The van der Waals surface area contributed by atoms with Gasteiger partial charge in [0, 0.05) is 31.9 Å². The van der Waals surface area contributed by atoms with Crippen molar-refractivity contribution in [2.45, 2.75) is 52.0 Å². The van der Waals surface area contributed by atoms with Crippen LogP contribution in [0, 0.1) is 0 Å².